The summed E-state index contributed by atoms with van der Waals surface area (Å²) >= 11 is 2.04. The molecule has 5 nitrogen and oxygen atoms in total. The zero-order valence-electron chi connectivity index (χ0n) is 19.6. The molecule has 0 saturated heterocycles. The van der Waals surface area contributed by atoms with E-state index < -0.39 is 12.0 Å². The van der Waals surface area contributed by atoms with Crippen LogP contribution >= 0.6 is 22.6 Å². The van der Waals surface area contributed by atoms with Gasteiger partial charge in [0.2, 0.25) is 5.91 Å². The minimum Gasteiger partial charge on any atom is -0.346 e. The molecule has 0 aromatic heterocycles. The van der Waals surface area contributed by atoms with E-state index in [0.29, 0.717) is 22.8 Å². The van der Waals surface area contributed by atoms with E-state index in [1.165, 1.54) is 0 Å². The van der Waals surface area contributed by atoms with Crippen LogP contribution in [0.1, 0.15) is 76.7 Å². The van der Waals surface area contributed by atoms with Gasteiger partial charge in [0.05, 0.1) is 10.5 Å². The molecule has 0 spiro atoms. The van der Waals surface area contributed by atoms with Crippen LogP contribution in [0.25, 0.3) is 0 Å². The van der Waals surface area contributed by atoms with Crippen molar-refractivity contribution in [2.75, 3.05) is 4.43 Å². The number of carbonyl (C=O) groups is 4. The lowest BCUT2D eigenvalue weighted by atomic mass is 9.87. The monoisotopic (exact) mass is 541 g/mol. The number of carbonyl (C=O) groups excluding carboxylic acids is 4. The van der Waals surface area contributed by atoms with E-state index in [9.17, 15) is 19.2 Å². The first-order valence-corrected chi connectivity index (χ1v) is 12.4. The Balaban J connectivity index is 2.74. The van der Waals surface area contributed by atoms with Crippen LogP contribution in [0.4, 0.5) is 0 Å². The fourth-order valence-electron chi connectivity index (χ4n) is 3.15. The summed E-state index contributed by atoms with van der Waals surface area (Å²) in [7, 11) is 0. The van der Waals surface area contributed by atoms with Crippen molar-refractivity contribution in [2.45, 2.75) is 73.3 Å². The van der Waals surface area contributed by atoms with E-state index in [1.807, 2.05) is 36.4 Å². The van der Waals surface area contributed by atoms with Crippen molar-refractivity contribution in [2.24, 2.45) is 17.3 Å². The summed E-state index contributed by atoms with van der Waals surface area (Å²) < 4.78 is 0.459. The number of Topliss-reactive ketones (excluding diaryl/α,β-unsaturated/α-hetero) is 3. The minimum absolute atomic E-state index is 0.00810. The van der Waals surface area contributed by atoms with Gasteiger partial charge in [-0.2, -0.15) is 0 Å². The molecular weight excluding hydrogens is 505 g/mol. The molecule has 6 heteroatoms. The molecule has 0 unspecified atom stereocenters. The smallest absolute Gasteiger partial charge is 0.224 e. The third-order valence-electron chi connectivity index (χ3n) is 5.34. The average Bonchev–Trinajstić information content (AvgIpc) is 2.69. The Morgan fingerprint density at radius 3 is 2.06 bits per heavy atom. The van der Waals surface area contributed by atoms with Crippen LogP contribution in [-0.2, 0) is 20.8 Å². The van der Waals surface area contributed by atoms with Gasteiger partial charge in [-0.15, -0.1) is 0 Å². The van der Waals surface area contributed by atoms with Crippen molar-refractivity contribution in [3.05, 3.63) is 35.4 Å². The van der Waals surface area contributed by atoms with Crippen LogP contribution < -0.4 is 5.32 Å². The molecule has 0 saturated carbocycles. The van der Waals surface area contributed by atoms with E-state index in [4.69, 9.17) is 0 Å². The van der Waals surface area contributed by atoms with Crippen molar-refractivity contribution >= 4 is 45.8 Å². The average molecular weight is 541 g/mol. The third kappa shape index (κ3) is 10.1. The summed E-state index contributed by atoms with van der Waals surface area (Å²) in [5, 5.41) is 2.81. The number of halogens is 1. The van der Waals surface area contributed by atoms with Crippen molar-refractivity contribution < 1.29 is 19.2 Å². The molecule has 1 aromatic rings. The highest BCUT2D eigenvalue weighted by atomic mass is 127. The lowest BCUT2D eigenvalue weighted by molar-refractivity contribution is -0.131. The van der Waals surface area contributed by atoms with Gasteiger partial charge in [-0.1, -0.05) is 81.5 Å². The first-order valence-electron chi connectivity index (χ1n) is 10.9. The number of amides is 1. The standard InChI is InChI=1S/C25H36INO4/c1-16(2)21(24(31)27-17(3)22(29)11-12-25(4,5)6)14-23(30)19-9-7-18(8-10-19)13-20(28)15-26/h7-10,16-17,21H,11-15H2,1-6H3,(H,27,31)/t17-,21-/m0/s1. The maximum absolute atomic E-state index is 12.8. The number of hydrogen-bond donors (Lipinski definition) is 1. The van der Waals surface area contributed by atoms with Gasteiger partial charge in [0, 0.05) is 30.7 Å². The molecule has 0 aliphatic heterocycles. The Morgan fingerprint density at radius 2 is 1.58 bits per heavy atom. The Kier molecular flexibility index (Phi) is 11.0. The molecule has 0 heterocycles. The molecule has 0 aliphatic carbocycles. The topological polar surface area (TPSA) is 80.3 Å². The lowest BCUT2D eigenvalue weighted by Crippen LogP contribution is -2.43. The highest BCUT2D eigenvalue weighted by Gasteiger charge is 2.28. The predicted molar refractivity (Wildman–Crippen MR) is 133 cm³/mol. The fourth-order valence-corrected chi connectivity index (χ4v) is 3.42. The third-order valence-corrected chi connectivity index (χ3v) is 6.19. The number of benzene rings is 1. The Hall–Kier alpha value is -1.57. The van der Waals surface area contributed by atoms with E-state index >= 15 is 0 Å². The molecular formula is C25H36INO4. The number of nitrogens with one attached hydrogen (secondary N) is 1. The molecule has 0 radical (unpaired) electrons. The van der Waals surface area contributed by atoms with E-state index in [2.05, 4.69) is 26.1 Å². The molecule has 2 atom stereocenters. The van der Waals surface area contributed by atoms with Gasteiger partial charge < -0.3 is 5.32 Å². The Labute approximate surface area is 200 Å². The van der Waals surface area contributed by atoms with Crippen molar-refractivity contribution in [3.8, 4) is 0 Å². The number of rotatable bonds is 12. The Morgan fingerprint density at radius 1 is 1.00 bits per heavy atom. The summed E-state index contributed by atoms with van der Waals surface area (Å²) in [4.78, 5) is 49.6. The molecule has 172 valence electrons. The molecule has 31 heavy (non-hydrogen) atoms. The SMILES string of the molecule is CC(C)[C@H](CC(=O)c1ccc(CC(=O)CI)cc1)C(=O)N[C@@H](C)C(=O)CCC(C)(C)C. The van der Waals surface area contributed by atoms with Crippen LogP contribution in [0.2, 0.25) is 0 Å². The summed E-state index contributed by atoms with van der Waals surface area (Å²) in [5.74, 6) is -0.778. The maximum atomic E-state index is 12.8. The normalized spacial score (nSPS) is 13.5. The first kappa shape index (κ1) is 27.5. The second-order valence-electron chi connectivity index (χ2n) is 9.78. The number of ketones is 3. The van der Waals surface area contributed by atoms with Gasteiger partial charge in [0.15, 0.2) is 11.6 Å². The van der Waals surface area contributed by atoms with E-state index in [1.54, 1.807) is 31.2 Å². The fraction of sp³-hybridized carbons (Fsp3) is 0.600. The number of hydrogen-bond acceptors (Lipinski definition) is 4. The molecule has 1 amide bonds. The largest absolute Gasteiger partial charge is 0.346 e. The molecule has 1 N–H and O–H groups in total. The second-order valence-corrected chi connectivity index (χ2v) is 10.5. The summed E-state index contributed by atoms with van der Waals surface area (Å²) in [6.45, 7) is 11.8. The first-order chi connectivity index (χ1) is 14.3. The summed E-state index contributed by atoms with van der Waals surface area (Å²) in [5.41, 5.74) is 1.46. The van der Waals surface area contributed by atoms with Crippen molar-refractivity contribution in [1.29, 1.82) is 0 Å². The predicted octanol–water partition coefficient (Wildman–Crippen LogP) is 4.98. The highest BCUT2D eigenvalue weighted by Crippen LogP contribution is 2.22. The van der Waals surface area contributed by atoms with E-state index in [-0.39, 0.29) is 41.0 Å². The highest BCUT2D eigenvalue weighted by molar-refractivity contribution is 14.1. The minimum atomic E-state index is -0.569. The van der Waals surface area contributed by atoms with Gasteiger partial charge in [-0.25, -0.2) is 0 Å². The quantitative estimate of drug-likeness (QED) is 0.230. The van der Waals surface area contributed by atoms with Crippen molar-refractivity contribution in [1.82, 2.24) is 5.32 Å². The molecule has 0 bridgehead atoms. The molecule has 0 aliphatic rings. The van der Waals surface area contributed by atoms with Gasteiger partial charge >= 0.3 is 0 Å². The molecule has 1 aromatic carbocycles. The van der Waals surface area contributed by atoms with Crippen molar-refractivity contribution in [3.63, 3.8) is 0 Å². The van der Waals surface area contributed by atoms with Crippen LogP contribution in [0.15, 0.2) is 24.3 Å². The van der Waals surface area contributed by atoms with Gasteiger partial charge in [0.1, 0.15) is 5.78 Å². The molecule has 0 fully saturated rings. The van der Waals surface area contributed by atoms with Crippen LogP contribution in [0.3, 0.4) is 0 Å². The zero-order valence-corrected chi connectivity index (χ0v) is 21.7. The lowest BCUT2D eigenvalue weighted by Gasteiger charge is -2.23. The van der Waals surface area contributed by atoms with E-state index in [0.717, 1.165) is 12.0 Å². The van der Waals surface area contributed by atoms with Crippen LogP contribution in [-0.4, -0.2) is 33.7 Å². The van der Waals surface area contributed by atoms with Crippen LogP contribution in [0.5, 0.6) is 0 Å². The molecule has 1 rings (SSSR count). The van der Waals surface area contributed by atoms with Gasteiger partial charge in [-0.05, 0) is 30.2 Å². The van der Waals surface area contributed by atoms with Gasteiger partial charge in [-0.3, -0.25) is 19.2 Å². The summed E-state index contributed by atoms with van der Waals surface area (Å²) in [6, 6.07) is 6.44. The second kappa shape index (κ2) is 12.5. The Bertz CT molecular complexity index is 778. The zero-order chi connectivity index (χ0) is 23.8. The summed E-state index contributed by atoms with van der Waals surface area (Å²) in [6.07, 6.45) is 1.62. The van der Waals surface area contributed by atoms with Crippen LogP contribution in [0, 0.1) is 17.3 Å². The van der Waals surface area contributed by atoms with Gasteiger partial charge in [0.25, 0.3) is 0 Å². The maximum Gasteiger partial charge on any atom is 0.224 e. The number of alkyl halides is 1.